The fourth-order valence-electron chi connectivity index (χ4n) is 1.77. The van der Waals surface area contributed by atoms with Gasteiger partial charge in [-0.05, 0) is 46.1 Å². The molecule has 1 fully saturated rings. The van der Waals surface area contributed by atoms with Gasteiger partial charge in [0.05, 0.1) is 6.20 Å². The first-order valence-corrected chi connectivity index (χ1v) is 7.71. The summed E-state index contributed by atoms with van der Waals surface area (Å²) in [6.07, 6.45) is 5.86. The Morgan fingerprint density at radius 2 is 1.76 bits per heavy atom. The van der Waals surface area contributed by atoms with E-state index in [1.54, 1.807) is 9.58 Å². The molecule has 0 spiro atoms. The van der Waals surface area contributed by atoms with Crippen molar-refractivity contribution in [2.45, 2.75) is 60.0 Å². The van der Waals surface area contributed by atoms with E-state index in [-0.39, 0.29) is 11.7 Å². The highest BCUT2D eigenvalue weighted by Crippen LogP contribution is 2.14. The van der Waals surface area contributed by atoms with Gasteiger partial charge in [0.25, 0.3) is 0 Å². The topological polar surface area (TPSA) is 47.4 Å². The standard InChI is InChI=1S/C9H17NO2.C5H8N2.C2H6/c1-9(2,3)12-8(11)10-6-4-5-7-10;1-5-3-6-7(2)4-5;1-2/h4-7H2,1-3H3;3-4H,1-2H3;1-2H3. The first-order chi connectivity index (χ1) is 9.78. The van der Waals surface area contributed by atoms with Crippen LogP contribution in [0.5, 0.6) is 0 Å². The number of hydrogen-bond donors (Lipinski definition) is 0. The van der Waals surface area contributed by atoms with Gasteiger partial charge in [-0.15, -0.1) is 0 Å². The van der Waals surface area contributed by atoms with Gasteiger partial charge in [-0.25, -0.2) is 4.79 Å². The zero-order chi connectivity index (χ0) is 16.5. The first-order valence-electron chi connectivity index (χ1n) is 7.71. The third-order valence-corrected chi connectivity index (χ3v) is 2.59. The average Bonchev–Trinajstić information content (AvgIpc) is 3.02. The summed E-state index contributed by atoms with van der Waals surface area (Å²) in [5.41, 5.74) is 0.849. The lowest BCUT2D eigenvalue weighted by Gasteiger charge is -2.23. The van der Waals surface area contributed by atoms with Crippen LogP contribution in [0.4, 0.5) is 4.79 Å². The van der Waals surface area contributed by atoms with E-state index >= 15 is 0 Å². The number of likely N-dealkylation sites (tertiary alicyclic amines) is 1. The Labute approximate surface area is 129 Å². The summed E-state index contributed by atoms with van der Waals surface area (Å²) in [5.74, 6) is 0. The van der Waals surface area contributed by atoms with Gasteiger partial charge in [0.15, 0.2) is 0 Å². The molecule has 1 aliphatic heterocycles. The summed E-state index contributed by atoms with van der Waals surface area (Å²) in [6, 6.07) is 0. The average molecular weight is 297 g/mol. The molecule has 0 aromatic carbocycles. The third-order valence-electron chi connectivity index (χ3n) is 2.59. The number of carbonyl (C=O) groups is 1. The molecule has 1 saturated heterocycles. The molecule has 0 radical (unpaired) electrons. The van der Waals surface area contributed by atoms with Crippen LogP contribution < -0.4 is 0 Å². The Morgan fingerprint density at radius 1 is 1.24 bits per heavy atom. The molecule has 122 valence electrons. The maximum atomic E-state index is 11.4. The second-order valence-electron chi connectivity index (χ2n) is 5.87. The molecular formula is C16H31N3O2. The minimum absolute atomic E-state index is 0.167. The predicted octanol–water partition coefficient (Wildman–Crippen LogP) is 3.77. The van der Waals surface area contributed by atoms with Crippen molar-refractivity contribution in [1.29, 1.82) is 0 Å². The predicted molar refractivity (Wildman–Crippen MR) is 86.3 cm³/mol. The molecule has 2 rings (SSSR count). The van der Waals surface area contributed by atoms with Crippen LogP contribution in [0.2, 0.25) is 0 Å². The molecule has 1 aliphatic rings. The molecule has 2 heterocycles. The van der Waals surface area contributed by atoms with Crippen LogP contribution in [0.3, 0.4) is 0 Å². The van der Waals surface area contributed by atoms with Crippen LogP contribution in [0, 0.1) is 6.92 Å². The van der Waals surface area contributed by atoms with Crippen LogP contribution in [0.25, 0.3) is 0 Å². The zero-order valence-corrected chi connectivity index (χ0v) is 14.6. The maximum absolute atomic E-state index is 11.4. The second kappa shape index (κ2) is 9.42. The van der Waals surface area contributed by atoms with E-state index in [1.165, 1.54) is 5.56 Å². The van der Waals surface area contributed by atoms with Gasteiger partial charge in [-0.3, -0.25) is 4.68 Å². The number of amides is 1. The van der Waals surface area contributed by atoms with Crippen molar-refractivity contribution in [1.82, 2.24) is 14.7 Å². The fourth-order valence-corrected chi connectivity index (χ4v) is 1.77. The Kier molecular flexibility index (Phi) is 8.74. The van der Waals surface area contributed by atoms with E-state index in [1.807, 2.05) is 61.0 Å². The van der Waals surface area contributed by atoms with E-state index in [4.69, 9.17) is 4.74 Å². The molecule has 0 bridgehead atoms. The minimum Gasteiger partial charge on any atom is -0.444 e. The lowest BCUT2D eigenvalue weighted by Crippen LogP contribution is -2.34. The van der Waals surface area contributed by atoms with Crippen LogP contribution in [-0.2, 0) is 11.8 Å². The van der Waals surface area contributed by atoms with Crippen molar-refractivity contribution in [3.05, 3.63) is 18.0 Å². The van der Waals surface area contributed by atoms with Crippen molar-refractivity contribution >= 4 is 6.09 Å². The molecule has 1 aromatic rings. The molecular weight excluding hydrogens is 266 g/mol. The SMILES string of the molecule is CC.CC(C)(C)OC(=O)N1CCCC1.Cc1cnn(C)c1. The van der Waals surface area contributed by atoms with E-state index < -0.39 is 0 Å². The van der Waals surface area contributed by atoms with E-state index in [9.17, 15) is 4.79 Å². The Bertz CT molecular complexity index is 385. The second-order valence-corrected chi connectivity index (χ2v) is 5.87. The first kappa shape index (κ1) is 19.5. The molecule has 21 heavy (non-hydrogen) atoms. The Morgan fingerprint density at radius 3 is 2.05 bits per heavy atom. The number of hydrogen-bond acceptors (Lipinski definition) is 3. The van der Waals surface area contributed by atoms with Crippen LogP contribution >= 0.6 is 0 Å². The highest BCUT2D eigenvalue weighted by molar-refractivity contribution is 5.68. The van der Waals surface area contributed by atoms with E-state index in [0.29, 0.717) is 0 Å². The molecule has 5 nitrogen and oxygen atoms in total. The molecule has 0 saturated carbocycles. The third kappa shape index (κ3) is 9.10. The lowest BCUT2D eigenvalue weighted by molar-refractivity contribution is 0.0295. The molecule has 5 heteroatoms. The highest BCUT2D eigenvalue weighted by Gasteiger charge is 2.23. The normalized spacial score (nSPS) is 13.8. The van der Waals surface area contributed by atoms with Crippen molar-refractivity contribution in [3.8, 4) is 0 Å². The minimum atomic E-state index is -0.361. The number of rotatable bonds is 0. The van der Waals surface area contributed by atoms with Gasteiger partial charge >= 0.3 is 6.09 Å². The van der Waals surface area contributed by atoms with Gasteiger partial charge in [0.2, 0.25) is 0 Å². The van der Waals surface area contributed by atoms with Gasteiger partial charge in [-0.1, -0.05) is 13.8 Å². The highest BCUT2D eigenvalue weighted by atomic mass is 16.6. The molecule has 0 aliphatic carbocycles. The van der Waals surface area contributed by atoms with Crippen molar-refractivity contribution in [3.63, 3.8) is 0 Å². The van der Waals surface area contributed by atoms with Crippen molar-refractivity contribution < 1.29 is 9.53 Å². The fraction of sp³-hybridized carbons (Fsp3) is 0.750. The number of aromatic nitrogens is 2. The summed E-state index contributed by atoms with van der Waals surface area (Å²) < 4.78 is 7.00. The summed E-state index contributed by atoms with van der Waals surface area (Å²) in [6.45, 7) is 13.4. The van der Waals surface area contributed by atoms with E-state index in [2.05, 4.69) is 5.10 Å². The van der Waals surface area contributed by atoms with Gasteiger partial charge < -0.3 is 9.64 Å². The number of carbonyl (C=O) groups excluding carboxylic acids is 1. The molecule has 1 amide bonds. The van der Waals surface area contributed by atoms with Gasteiger partial charge in [-0.2, -0.15) is 5.10 Å². The number of ether oxygens (including phenoxy) is 1. The van der Waals surface area contributed by atoms with Gasteiger partial charge in [0, 0.05) is 26.3 Å². The smallest absolute Gasteiger partial charge is 0.410 e. The Hall–Kier alpha value is -1.52. The van der Waals surface area contributed by atoms with Crippen LogP contribution in [0.1, 0.15) is 53.0 Å². The number of aryl methyl sites for hydroxylation is 2. The number of nitrogens with zero attached hydrogens (tertiary/aromatic N) is 3. The molecule has 1 aromatic heterocycles. The van der Waals surface area contributed by atoms with Crippen molar-refractivity contribution in [2.24, 2.45) is 7.05 Å². The lowest BCUT2D eigenvalue weighted by atomic mass is 10.2. The molecule has 0 unspecified atom stereocenters. The zero-order valence-electron chi connectivity index (χ0n) is 14.6. The quantitative estimate of drug-likeness (QED) is 0.732. The van der Waals surface area contributed by atoms with Crippen LogP contribution in [0.15, 0.2) is 12.4 Å². The maximum Gasteiger partial charge on any atom is 0.410 e. The van der Waals surface area contributed by atoms with E-state index in [0.717, 1.165) is 25.9 Å². The monoisotopic (exact) mass is 297 g/mol. The van der Waals surface area contributed by atoms with Gasteiger partial charge in [0.1, 0.15) is 5.60 Å². The largest absolute Gasteiger partial charge is 0.444 e. The van der Waals surface area contributed by atoms with Crippen LogP contribution in [-0.4, -0.2) is 39.5 Å². The summed E-state index contributed by atoms with van der Waals surface area (Å²) >= 11 is 0. The Balaban J connectivity index is 0.000000377. The molecule has 0 N–H and O–H groups in total. The molecule has 0 atom stereocenters. The summed E-state index contributed by atoms with van der Waals surface area (Å²) in [4.78, 5) is 13.1. The van der Waals surface area contributed by atoms with Crippen molar-refractivity contribution in [2.75, 3.05) is 13.1 Å². The summed E-state index contributed by atoms with van der Waals surface area (Å²) in [5, 5.41) is 3.93. The summed E-state index contributed by atoms with van der Waals surface area (Å²) in [7, 11) is 1.91.